The van der Waals surface area contributed by atoms with Crippen LogP contribution in [0.4, 0.5) is 5.69 Å². The molecule has 1 heterocycles. The summed E-state index contributed by atoms with van der Waals surface area (Å²) in [5, 5.41) is 11.3. The Kier molecular flexibility index (Phi) is 4.82. The molecule has 4 heteroatoms. The normalized spacial score (nSPS) is 14.7. The summed E-state index contributed by atoms with van der Waals surface area (Å²) in [5.41, 5.74) is 0.936. The van der Waals surface area contributed by atoms with Crippen LogP contribution in [0.15, 0.2) is 12.3 Å². The number of hydrogen-bond acceptors (Lipinski definition) is 3. The highest BCUT2D eigenvalue weighted by molar-refractivity contribution is 6.29. The lowest BCUT2D eigenvalue weighted by atomic mass is 10.0. The first kappa shape index (κ1) is 12.2. The van der Waals surface area contributed by atoms with Crippen LogP contribution in [0.2, 0.25) is 5.15 Å². The summed E-state index contributed by atoms with van der Waals surface area (Å²) in [7, 11) is 0. The van der Waals surface area contributed by atoms with Crippen molar-refractivity contribution in [2.75, 3.05) is 5.32 Å². The van der Waals surface area contributed by atoms with Crippen molar-refractivity contribution in [3.63, 3.8) is 0 Å². The third-order valence-corrected chi connectivity index (χ3v) is 2.68. The van der Waals surface area contributed by atoms with Crippen LogP contribution in [0.1, 0.15) is 33.6 Å². The van der Waals surface area contributed by atoms with E-state index in [0.717, 1.165) is 18.0 Å². The standard InChI is InChI=1S/C11H18ClN3/c1-4-8(2)5-9(3)14-10-6-11(12)15-13-7-10/h6-9H,4-5H2,1-3H3,(H,14,15). The van der Waals surface area contributed by atoms with Crippen LogP contribution in [0.25, 0.3) is 0 Å². The second-order valence-corrected chi connectivity index (χ2v) is 4.45. The van der Waals surface area contributed by atoms with E-state index in [0.29, 0.717) is 11.2 Å². The van der Waals surface area contributed by atoms with E-state index in [1.807, 2.05) is 0 Å². The molecular weight excluding hydrogens is 210 g/mol. The first-order valence-corrected chi connectivity index (χ1v) is 5.74. The number of hydrogen-bond donors (Lipinski definition) is 1. The third-order valence-electron chi connectivity index (χ3n) is 2.49. The minimum absolute atomic E-state index is 0.427. The number of nitrogens with zero attached hydrogens (tertiary/aromatic N) is 2. The molecule has 0 fully saturated rings. The van der Waals surface area contributed by atoms with E-state index in [2.05, 4.69) is 36.3 Å². The molecule has 1 rings (SSSR count). The monoisotopic (exact) mass is 227 g/mol. The van der Waals surface area contributed by atoms with Gasteiger partial charge in [0.1, 0.15) is 0 Å². The summed E-state index contributed by atoms with van der Waals surface area (Å²) >= 11 is 5.75. The van der Waals surface area contributed by atoms with E-state index in [-0.39, 0.29) is 0 Å². The van der Waals surface area contributed by atoms with Gasteiger partial charge in [-0.1, -0.05) is 31.9 Å². The van der Waals surface area contributed by atoms with Gasteiger partial charge < -0.3 is 5.32 Å². The molecule has 15 heavy (non-hydrogen) atoms. The summed E-state index contributed by atoms with van der Waals surface area (Å²) in [4.78, 5) is 0. The Morgan fingerprint density at radius 3 is 2.80 bits per heavy atom. The summed E-state index contributed by atoms with van der Waals surface area (Å²) in [6.45, 7) is 6.64. The predicted molar refractivity (Wildman–Crippen MR) is 64.2 cm³/mol. The summed E-state index contributed by atoms with van der Waals surface area (Å²) < 4.78 is 0. The first-order valence-electron chi connectivity index (χ1n) is 5.36. The smallest absolute Gasteiger partial charge is 0.153 e. The Bertz CT molecular complexity index is 304. The molecular formula is C11H18ClN3. The van der Waals surface area contributed by atoms with Crippen molar-refractivity contribution in [2.24, 2.45) is 5.92 Å². The highest BCUT2D eigenvalue weighted by Gasteiger charge is 2.07. The van der Waals surface area contributed by atoms with E-state index in [4.69, 9.17) is 11.6 Å². The van der Waals surface area contributed by atoms with Crippen molar-refractivity contribution < 1.29 is 0 Å². The molecule has 0 aromatic carbocycles. The Morgan fingerprint density at radius 1 is 1.47 bits per heavy atom. The Labute approximate surface area is 96.2 Å². The highest BCUT2D eigenvalue weighted by atomic mass is 35.5. The van der Waals surface area contributed by atoms with Crippen molar-refractivity contribution >= 4 is 17.3 Å². The van der Waals surface area contributed by atoms with Gasteiger partial charge in [-0.25, -0.2) is 0 Å². The maximum absolute atomic E-state index is 5.75. The highest BCUT2D eigenvalue weighted by Crippen LogP contribution is 2.15. The van der Waals surface area contributed by atoms with Gasteiger partial charge >= 0.3 is 0 Å². The van der Waals surface area contributed by atoms with Gasteiger partial charge in [-0.05, 0) is 19.3 Å². The van der Waals surface area contributed by atoms with Gasteiger partial charge in [0.2, 0.25) is 0 Å². The number of halogens is 1. The summed E-state index contributed by atoms with van der Waals surface area (Å²) in [6.07, 6.45) is 4.05. The van der Waals surface area contributed by atoms with E-state index < -0.39 is 0 Å². The average Bonchev–Trinajstić information content (AvgIpc) is 2.17. The molecule has 1 aromatic heterocycles. The average molecular weight is 228 g/mol. The lowest BCUT2D eigenvalue weighted by Crippen LogP contribution is -2.18. The molecule has 1 aromatic rings. The molecule has 0 bridgehead atoms. The summed E-state index contributed by atoms with van der Waals surface area (Å²) in [5.74, 6) is 0.734. The molecule has 1 N–H and O–H groups in total. The van der Waals surface area contributed by atoms with Gasteiger partial charge in [-0.2, -0.15) is 5.10 Å². The van der Waals surface area contributed by atoms with Gasteiger partial charge in [0.15, 0.2) is 5.15 Å². The SMILES string of the molecule is CCC(C)CC(C)Nc1cnnc(Cl)c1. The van der Waals surface area contributed by atoms with Crippen molar-refractivity contribution in [1.82, 2.24) is 10.2 Å². The van der Waals surface area contributed by atoms with Crippen LogP contribution in [0, 0.1) is 5.92 Å². The lowest BCUT2D eigenvalue weighted by Gasteiger charge is -2.18. The Balaban J connectivity index is 2.47. The molecule has 0 spiro atoms. The maximum Gasteiger partial charge on any atom is 0.153 e. The number of anilines is 1. The van der Waals surface area contributed by atoms with E-state index in [1.54, 1.807) is 12.3 Å². The van der Waals surface area contributed by atoms with Crippen molar-refractivity contribution in [3.05, 3.63) is 17.4 Å². The number of aromatic nitrogens is 2. The second kappa shape index (κ2) is 5.91. The molecule has 0 aliphatic heterocycles. The quantitative estimate of drug-likeness (QED) is 0.838. The van der Waals surface area contributed by atoms with Crippen molar-refractivity contribution in [1.29, 1.82) is 0 Å². The van der Waals surface area contributed by atoms with E-state index in [9.17, 15) is 0 Å². The fourth-order valence-electron chi connectivity index (χ4n) is 1.53. The second-order valence-electron chi connectivity index (χ2n) is 4.06. The van der Waals surface area contributed by atoms with Crippen LogP contribution < -0.4 is 5.32 Å². The number of nitrogens with one attached hydrogen (secondary N) is 1. The van der Waals surface area contributed by atoms with Gasteiger partial charge in [0, 0.05) is 12.1 Å². The zero-order valence-electron chi connectivity index (χ0n) is 9.50. The molecule has 0 saturated heterocycles. The van der Waals surface area contributed by atoms with Crippen LogP contribution in [-0.4, -0.2) is 16.2 Å². The van der Waals surface area contributed by atoms with Crippen LogP contribution in [0.3, 0.4) is 0 Å². The molecule has 0 amide bonds. The molecule has 0 saturated carbocycles. The van der Waals surface area contributed by atoms with Crippen LogP contribution in [0.5, 0.6) is 0 Å². The Morgan fingerprint density at radius 2 is 2.20 bits per heavy atom. The lowest BCUT2D eigenvalue weighted by molar-refractivity contribution is 0.483. The van der Waals surface area contributed by atoms with Crippen LogP contribution in [-0.2, 0) is 0 Å². The largest absolute Gasteiger partial charge is 0.381 e. The maximum atomic E-state index is 5.75. The van der Waals surface area contributed by atoms with Gasteiger partial charge in [0.25, 0.3) is 0 Å². The molecule has 3 nitrogen and oxygen atoms in total. The Hall–Kier alpha value is -0.830. The summed E-state index contributed by atoms with van der Waals surface area (Å²) in [6, 6.07) is 2.22. The zero-order valence-corrected chi connectivity index (χ0v) is 10.3. The molecule has 2 atom stereocenters. The molecule has 0 radical (unpaired) electrons. The third kappa shape index (κ3) is 4.47. The number of rotatable bonds is 5. The predicted octanol–water partition coefficient (Wildman–Crippen LogP) is 3.37. The zero-order chi connectivity index (χ0) is 11.3. The fourth-order valence-corrected chi connectivity index (χ4v) is 1.69. The van der Waals surface area contributed by atoms with Crippen molar-refractivity contribution in [2.45, 2.75) is 39.7 Å². The van der Waals surface area contributed by atoms with Crippen LogP contribution >= 0.6 is 11.6 Å². The minimum Gasteiger partial charge on any atom is -0.381 e. The fraction of sp³-hybridized carbons (Fsp3) is 0.636. The van der Waals surface area contributed by atoms with E-state index in [1.165, 1.54) is 6.42 Å². The van der Waals surface area contributed by atoms with Crippen molar-refractivity contribution in [3.8, 4) is 0 Å². The van der Waals surface area contributed by atoms with Gasteiger partial charge in [-0.15, -0.1) is 5.10 Å². The molecule has 2 unspecified atom stereocenters. The molecule has 84 valence electrons. The topological polar surface area (TPSA) is 37.8 Å². The molecule has 0 aliphatic carbocycles. The van der Waals surface area contributed by atoms with Gasteiger partial charge in [-0.3, -0.25) is 0 Å². The molecule has 0 aliphatic rings. The minimum atomic E-state index is 0.427. The first-order chi connectivity index (χ1) is 7.11. The van der Waals surface area contributed by atoms with Gasteiger partial charge in [0.05, 0.1) is 11.9 Å². The van der Waals surface area contributed by atoms with E-state index >= 15 is 0 Å².